The summed E-state index contributed by atoms with van der Waals surface area (Å²) in [4.78, 5) is 16.7. The first-order valence-corrected chi connectivity index (χ1v) is 7.27. The van der Waals surface area contributed by atoms with E-state index in [-0.39, 0.29) is 5.91 Å². The Kier molecular flexibility index (Phi) is 4.78. The van der Waals surface area contributed by atoms with Gasteiger partial charge >= 0.3 is 0 Å². The Labute approximate surface area is 117 Å². The first-order valence-electron chi connectivity index (χ1n) is 6.48. The summed E-state index contributed by atoms with van der Waals surface area (Å²) < 4.78 is 1.01. The van der Waals surface area contributed by atoms with Crippen LogP contribution in [0.25, 0.3) is 0 Å². The molecule has 4 heteroatoms. The minimum atomic E-state index is 0.153. The number of likely N-dealkylation sites (N-methyl/N-ethyl adjacent to an activating group) is 1. The molecular formula is C14H19BrN2O. The van der Waals surface area contributed by atoms with E-state index in [1.807, 2.05) is 29.2 Å². The van der Waals surface area contributed by atoms with Gasteiger partial charge in [-0.05, 0) is 43.8 Å². The number of nitrogens with zero attached hydrogens (tertiary/aromatic N) is 2. The van der Waals surface area contributed by atoms with Gasteiger partial charge in [0.1, 0.15) is 0 Å². The Morgan fingerprint density at radius 2 is 1.89 bits per heavy atom. The van der Waals surface area contributed by atoms with E-state index in [4.69, 9.17) is 0 Å². The van der Waals surface area contributed by atoms with Crippen molar-refractivity contribution in [2.75, 3.05) is 32.7 Å². The van der Waals surface area contributed by atoms with Crippen LogP contribution in [0.4, 0.5) is 0 Å². The fourth-order valence-corrected chi connectivity index (χ4v) is 2.53. The van der Waals surface area contributed by atoms with Crippen molar-refractivity contribution in [3.05, 3.63) is 34.3 Å². The first-order chi connectivity index (χ1) is 8.70. The van der Waals surface area contributed by atoms with Crippen molar-refractivity contribution >= 4 is 21.8 Å². The lowest BCUT2D eigenvalue weighted by Crippen LogP contribution is -2.35. The summed E-state index contributed by atoms with van der Waals surface area (Å²) in [6.45, 7) is 7.03. The van der Waals surface area contributed by atoms with Crippen LogP contribution in [0.1, 0.15) is 23.7 Å². The predicted molar refractivity (Wildman–Crippen MR) is 76.8 cm³/mol. The van der Waals surface area contributed by atoms with Gasteiger partial charge < -0.3 is 9.80 Å². The molecule has 0 bridgehead atoms. The standard InChI is InChI=1S/C14H19BrN2O/c1-2-16-8-3-9-17(11-10-16)14(18)12-4-6-13(15)7-5-12/h4-7H,2-3,8-11H2,1H3. The number of halogens is 1. The van der Waals surface area contributed by atoms with E-state index in [0.29, 0.717) is 0 Å². The molecule has 0 radical (unpaired) electrons. The topological polar surface area (TPSA) is 23.6 Å². The maximum absolute atomic E-state index is 12.4. The molecule has 0 atom stereocenters. The zero-order valence-corrected chi connectivity index (χ0v) is 12.3. The third-order valence-corrected chi connectivity index (χ3v) is 3.94. The maximum atomic E-state index is 12.4. The second-order valence-electron chi connectivity index (χ2n) is 4.59. The van der Waals surface area contributed by atoms with Crippen molar-refractivity contribution in [1.29, 1.82) is 0 Å². The number of carbonyl (C=O) groups is 1. The molecule has 1 aromatic carbocycles. The second-order valence-corrected chi connectivity index (χ2v) is 5.50. The molecule has 3 nitrogen and oxygen atoms in total. The first kappa shape index (κ1) is 13.6. The van der Waals surface area contributed by atoms with Gasteiger partial charge in [0.25, 0.3) is 5.91 Å². The zero-order valence-electron chi connectivity index (χ0n) is 10.7. The lowest BCUT2D eigenvalue weighted by atomic mass is 10.2. The largest absolute Gasteiger partial charge is 0.337 e. The summed E-state index contributed by atoms with van der Waals surface area (Å²) in [6.07, 6.45) is 1.07. The average molecular weight is 311 g/mol. The van der Waals surface area contributed by atoms with Gasteiger partial charge in [-0.3, -0.25) is 4.79 Å². The Morgan fingerprint density at radius 3 is 2.56 bits per heavy atom. The summed E-state index contributed by atoms with van der Waals surface area (Å²) in [5.74, 6) is 0.153. The van der Waals surface area contributed by atoms with Crippen LogP contribution >= 0.6 is 15.9 Å². The molecule has 1 heterocycles. The van der Waals surface area contributed by atoms with Gasteiger partial charge in [0.2, 0.25) is 0 Å². The minimum Gasteiger partial charge on any atom is -0.337 e. The van der Waals surface area contributed by atoms with Crippen molar-refractivity contribution in [1.82, 2.24) is 9.80 Å². The third kappa shape index (κ3) is 3.33. The summed E-state index contributed by atoms with van der Waals surface area (Å²) in [5, 5.41) is 0. The third-order valence-electron chi connectivity index (χ3n) is 3.41. The van der Waals surface area contributed by atoms with Gasteiger partial charge in [-0.1, -0.05) is 22.9 Å². The van der Waals surface area contributed by atoms with Gasteiger partial charge in [-0.25, -0.2) is 0 Å². The van der Waals surface area contributed by atoms with Gasteiger partial charge in [0.15, 0.2) is 0 Å². The quantitative estimate of drug-likeness (QED) is 0.838. The highest BCUT2D eigenvalue weighted by molar-refractivity contribution is 9.10. The smallest absolute Gasteiger partial charge is 0.253 e. The normalized spacial score (nSPS) is 17.6. The highest BCUT2D eigenvalue weighted by Gasteiger charge is 2.19. The molecule has 1 saturated heterocycles. The number of benzene rings is 1. The molecule has 1 amide bonds. The lowest BCUT2D eigenvalue weighted by Gasteiger charge is -2.21. The van der Waals surface area contributed by atoms with Gasteiger partial charge in [0.05, 0.1) is 0 Å². The molecule has 98 valence electrons. The van der Waals surface area contributed by atoms with Crippen molar-refractivity contribution < 1.29 is 4.79 Å². The summed E-state index contributed by atoms with van der Waals surface area (Å²) in [6, 6.07) is 7.61. The van der Waals surface area contributed by atoms with Gasteiger partial charge in [-0.15, -0.1) is 0 Å². The molecule has 0 aliphatic carbocycles. The SMILES string of the molecule is CCN1CCCN(C(=O)c2ccc(Br)cc2)CC1. The fraction of sp³-hybridized carbons (Fsp3) is 0.500. The molecule has 0 aromatic heterocycles. The zero-order chi connectivity index (χ0) is 13.0. The molecule has 1 aromatic rings. The molecule has 0 spiro atoms. The molecule has 1 aliphatic heterocycles. The summed E-state index contributed by atoms with van der Waals surface area (Å²) in [7, 11) is 0. The second kappa shape index (κ2) is 6.34. The van der Waals surface area contributed by atoms with Gasteiger partial charge in [-0.2, -0.15) is 0 Å². The van der Waals surface area contributed by atoms with E-state index in [1.165, 1.54) is 0 Å². The molecule has 0 saturated carbocycles. The Bertz CT molecular complexity index is 405. The van der Waals surface area contributed by atoms with Crippen molar-refractivity contribution in [2.45, 2.75) is 13.3 Å². The molecule has 18 heavy (non-hydrogen) atoms. The van der Waals surface area contributed by atoms with Crippen LogP contribution in [0, 0.1) is 0 Å². The van der Waals surface area contributed by atoms with Crippen molar-refractivity contribution in [3.8, 4) is 0 Å². The summed E-state index contributed by atoms with van der Waals surface area (Å²) >= 11 is 3.39. The van der Waals surface area contributed by atoms with Gasteiger partial charge in [0, 0.05) is 29.7 Å². The van der Waals surface area contributed by atoms with Crippen LogP contribution in [-0.2, 0) is 0 Å². The van der Waals surface area contributed by atoms with Crippen LogP contribution in [0.5, 0.6) is 0 Å². The van der Waals surface area contributed by atoms with Crippen LogP contribution in [0.15, 0.2) is 28.7 Å². The minimum absolute atomic E-state index is 0.153. The maximum Gasteiger partial charge on any atom is 0.253 e. The van der Waals surface area contributed by atoms with E-state index in [1.54, 1.807) is 0 Å². The number of hydrogen-bond acceptors (Lipinski definition) is 2. The number of carbonyl (C=O) groups excluding carboxylic acids is 1. The van der Waals surface area contributed by atoms with Crippen molar-refractivity contribution in [2.24, 2.45) is 0 Å². The molecule has 2 rings (SSSR count). The van der Waals surface area contributed by atoms with Crippen LogP contribution in [0.3, 0.4) is 0 Å². The monoisotopic (exact) mass is 310 g/mol. The van der Waals surface area contributed by atoms with Crippen LogP contribution in [0.2, 0.25) is 0 Å². The highest BCUT2D eigenvalue weighted by atomic mass is 79.9. The molecule has 0 N–H and O–H groups in total. The number of amides is 1. The van der Waals surface area contributed by atoms with E-state index >= 15 is 0 Å². The van der Waals surface area contributed by atoms with E-state index in [0.717, 1.165) is 49.2 Å². The highest BCUT2D eigenvalue weighted by Crippen LogP contribution is 2.13. The number of hydrogen-bond donors (Lipinski definition) is 0. The fourth-order valence-electron chi connectivity index (χ4n) is 2.27. The van der Waals surface area contributed by atoms with Crippen LogP contribution < -0.4 is 0 Å². The predicted octanol–water partition coefficient (Wildman–Crippen LogP) is 2.62. The Hall–Kier alpha value is -0.870. The molecule has 1 aliphatic rings. The molecule has 0 unspecified atom stereocenters. The van der Waals surface area contributed by atoms with E-state index in [9.17, 15) is 4.79 Å². The van der Waals surface area contributed by atoms with Crippen molar-refractivity contribution in [3.63, 3.8) is 0 Å². The van der Waals surface area contributed by atoms with Crippen LogP contribution in [-0.4, -0.2) is 48.4 Å². The Balaban J connectivity index is 2.02. The van der Waals surface area contributed by atoms with E-state index in [2.05, 4.69) is 27.8 Å². The molecular weight excluding hydrogens is 292 g/mol. The summed E-state index contributed by atoms with van der Waals surface area (Å²) in [5.41, 5.74) is 0.781. The number of rotatable bonds is 2. The average Bonchev–Trinajstić information content (AvgIpc) is 2.64. The Morgan fingerprint density at radius 1 is 1.17 bits per heavy atom. The van der Waals surface area contributed by atoms with E-state index < -0.39 is 0 Å². The lowest BCUT2D eigenvalue weighted by molar-refractivity contribution is 0.0762. The molecule has 1 fully saturated rings.